The number of ether oxygens (including phenoxy) is 1. The van der Waals surface area contributed by atoms with E-state index in [0.29, 0.717) is 19.1 Å². The lowest BCUT2D eigenvalue weighted by Crippen LogP contribution is -2.35. The highest BCUT2D eigenvalue weighted by atomic mass is 16.5. The average Bonchev–Trinajstić information content (AvgIpc) is 3.20. The van der Waals surface area contributed by atoms with Crippen LogP contribution in [0.5, 0.6) is 0 Å². The summed E-state index contributed by atoms with van der Waals surface area (Å²) in [7, 11) is 3.35. The van der Waals surface area contributed by atoms with Crippen LogP contribution < -0.4 is 5.32 Å². The van der Waals surface area contributed by atoms with Gasteiger partial charge in [0.05, 0.1) is 6.04 Å². The molecule has 1 aliphatic heterocycles. The summed E-state index contributed by atoms with van der Waals surface area (Å²) in [5.74, 6) is 1.98. The zero-order valence-electron chi connectivity index (χ0n) is 12.7. The van der Waals surface area contributed by atoms with Crippen molar-refractivity contribution in [1.29, 1.82) is 0 Å². The fourth-order valence-corrected chi connectivity index (χ4v) is 2.68. The molecule has 1 saturated heterocycles. The number of hydrogen-bond acceptors (Lipinski definition) is 5. The number of nitrogens with one attached hydrogen (secondary N) is 1. The summed E-state index contributed by atoms with van der Waals surface area (Å²) in [6.07, 6.45) is 3.23. The second-order valence-electron chi connectivity index (χ2n) is 5.23. The number of rotatable bonds is 4. The largest absolute Gasteiger partial charge is 0.461 e. The highest BCUT2D eigenvalue weighted by molar-refractivity contribution is 5.88. The van der Waals surface area contributed by atoms with E-state index in [9.17, 15) is 4.79 Å². The van der Waals surface area contributed by atoms with Crippen LogP contribution in [0.15, 0.2) is 22.9 Å². The summed E-state index contributed by atoms with van der Waals surface area (Å²) in [5.41, 5.74) is 0. The molecule has 8 nitrogen and oxygen atoms in total. The highest BCUT2D eigenvalue weighted by Crippen LogP contribution is 2.33. The van der Waals surface area contributed by atoms with Crippen LogP contribution in [0.1, 0.15) is 30.4 Å². The van der Waals surface area contributed by atoms with Crippen molar-refractivity contribution in [2.75, 3.05) is 19.0 Å². The summed E-state index contributed by atoms with van der Waals surface area (Å²) in [4.78, 5) is 18.2. The lowest BCUT2D eigenvalue weighted by atomic mass is 10.2. The number of methoxy groups -OCH3 is 1. The summed E-state index contributed by atoms with van der Waals surface area (Å²) in [5, 5.41) is 6.71. The van der Waals surface area contributed by atoms with Gasteiger partial charge in [-0.05, 0) is 25.0 Å². The Morgan fingerprint density at radius 1 is 1.55 bits per heavy atom. The molecular formula is C14H19N5O3. The predicted octanol–water partition coefficient (Wildman–Crippen LogP) is 1.92. The van der Waals surface area contributed by atoms with Crippen molar-refractivity contribution < 1.29 is 13.9 Å². The average molecular weight is 305 g/mol. The van der Waals surface area contributed by atoms with Gasteiger partial charge >= 0.3 is 6.03 Å². The number of likely N-dealkylation sites (tertiary alicyclic amines) is 1. The van der Waals surface area contributed by atoms with Gasteiger partial charge in [-0.3, -0.25) is 5.32 Å². The maximum Gasteiger partial charge on any atom is 0.324 e. The molecule has 0 radical (unpaired) electrons. The fourth-order valence-electron chi connectivity index (χ4n) is 2.68. The zero-order chi connectivity index (χ0) is 15.5. The number of urea groups is 1. The summed E-state index contributed by atoms with van der Waals surface area (Å²) >= 11 is 0. The van der Waals surface area contributed by atoms with Crippen LogP contribution in [0.4, 0.5) is 10.7 Å². The van der Waals surface area contributed by atoms with E-state index in [1.165, 1.54) is 11.0 Å². The van der Waals surface area contributed by atoms with Crippen molar-refractivity contribution in [3.63, 3.8) is 0 Å². The van der Waals surface area contributed by atoms with Gasteiger partial charge in [0.25, 0.3) is 0 Å². The molecule has 3 heterocycles. The van der Waals surface area contributed by atoms with E-state index in [1.54, 1.807) is 19.1 Å². The van der Waals surface area contributed by atoms with Crippen molar-refractivity contribution >= 4 is 12.0 Å². The number of hydrogen-bond donors (Lipinski definition) is 1. The van der Waals surface area contributed by atoms with E-state index in [0.717, 1.165) is 24.4 Å². The molecule has 2 aromatic rings. The quantitative estimate of drug-likeness (QED) is 0.932. The van der Waals surface area contributed by atoms with Crippen molar-refractivity contribution in [2.24, 2.45) is 7.05 Å². The second kappa shape index (κ2) is 6.18. The van der Waals surface area contributed by atoms with E-state index >= 15 is 0 Å². The van der Waals surface area contributed by atoms with Crippen LogP contribution >= 0.6 is 0 Å². The molecule has 0 saturated carbocycles. The molecule has 0 unspecified atom stereocenters. The lowest BCUT2D eigenvalue weighted by Gasteiger charge is -2.23. The summed E-state index contributed by atoms with van der Waals surface area (Å²) < 4.78 is 12.3. The minimum absolute atomic E-state index is 0.0566. The number of carbonyl (C=O) groups is 1. The molecule has 0 spiro atoms. The minimum Gasteiger partial charge on any atom is -0.461 e. The molecular weight excluding hydrogens is 286 g/mol. The first kappa shape index (κ1) is 14.6. The Bertz CT molecular complexity index is 650. The van der Waals surface area contributed by atoms with E-state index in [1.807, 2.05) is 12.1 Å². The SMILES string of the molecule is COCc1ccc([C@@H]2CCCN2C(=O)Nc2ncnn2C)o1. The molecule has 1 N–H and O–H groups in total. The standard InChI is InChI=1S/C14H19N5O3/c1-18-13(15-9-16-18)17-14(20)19-7-3-4-11(19)12-6-5-10(22-12)8-21-2/h5-6,9,11H,3-4,7-8H2,1-2H3,(H,15,16,17,20)/t11-/m0/s1. The highest BCUT2D eigenvalue weighted by Gasteiger charge is 2.32. The predicted molar refractivity (Wildman–Crippen MR) is 78.1 cm³/mol. The Balaban J connectivity index is 1.72. The fraction of sp³-hybridized carbons (Fsp3) is 0.500. The molecule has 22 heavy (non-hydrogen) atoms. The van der Waals surface area contributed by atoms with Crippen molar-refractivity contribution in [3.05, 3.63) is 30.0 Å². The first-order chi connectivity index (χ1) is 10.7. The van der Waals surface area contributed by atoms with Gasteiger partial charge in [0.15, 0.2) is 0 Å². The topological polar surface area (TPSA) is 85.4 Å². The monoisotopic (exact) mass is 305 g/mol. The third kappa shape index (κ3) is 2.82. The third-order valence-electron chi connectivity index (χ3n) is 3.74. The Kier molecular flexibility index (Phi) is 4.10. The Hall–Kier alpha value is -2.35. The van der Waals surface area contributed by atoms with Gasteiger partial charge < -0.3 is 14.1 Å². The van der Waals surface area contributed by atoms with Crippen LogP contribution in [0.3, 0.4) is 0 Å². The van der Waals surface area contributed by atoms with Crippen LogP contribution in [-0.2, 0) is 18.4 Å². The van der Waals surface area contributed by atoms with E-state index in [2.05, 4.69) is 15.4 Å². The van der Waals surface area contributed by atoms with Gasteiger partial charge in [-0.1, -0.05) is 0 Å². The van der Waals surface area contributed by atoms with Gasteiger partial charge in [0.1, 0.15) is 24.5 Å². The summed E-state index contributed by atoms with van der Waals surface area (Å²) in [6, 6.07) is 3.55. The van der Waals surface area contributed by atoms with E-state index < -0.39 is 0 Å². The lowest BCUT2D eigenvalue weighted by molar-refractivity contribution is 0.157. The van der Waals surface area contributed by atoms with Gasteiger partial charge in [-0.2, -0.15) is 10.1 Å². The number of aromatic nitrogens is 3. The van der Waals surface area contributed by atoms with Crippen LogP contribution in [0.2, 0.25) is 0 Å². The Morgan fingerprint density at radius 2 is 2.41 bits per heavy atom. The number of nitrogens with zero attached hydrogens (tertiary/aromatic N) is 4. The normalized spacial score (nSPS) is 17.9. The van der Waals surface area contributed by atoms with Crippen molar-refractivity contribution in [1.82, 2.24) is 19.7 Å². The zero-order valence-corrected chi connectivity index (χ0v) is 12.7. The number of anilines is 1. The molecule has 0 aliphatic carbocycles. The third-order valence-corrected chi connectivity index (χ3v) is 3.74. The second-order valence-corrected chi connectivity index (χ2v) is 5.23. The minimum atomic E-state index is -0.191. The molecule has 2 aromatic heterocycles. The molecule has 118 valence electrons. The van der Waals surface area contributed by atoms with Crippen LogP contribution in [-0.4, -0.2) is 39.4 Å². The summed E-state index contributed by atoms with van der Waals surface area (Å²) in [6.45, 7) is 1.12. The van der Waals surface area contributed by atoms with Crippen molar-refractivity contribution in [3.8, 4) is 0 Å². The maximum atomic E-state index is 12.4. The maximum absolute atomic E-state index is 12.4. The number of amides is 2. The molecule has 2 amide bonds. The molecule has 3 rings (SSSR count). The number of aryl methyl sites for hydroxylation is 1. The molecule has 8 heteroatoms. The Labute approximate surface area is 128 Å². The first-order valence-corrected chi connectivity index (χ1v) is 7.18. The van der Waals surface area contributed by atoms with Crippen molar-refractivity contribution in [2.45, 2.75) is 25.5 Å². The first-order valence-electron chi connectivity index (χ1n) is 7.18. The smallest absolute Gasteiger partial charge is 0.324 e. The molecule has 0 bridgehead atoms. The molecule has 0 aromatic carbocycles. The molecule has 1 atom stereocenters. The van der Waals surface area contributed by atoms with Gasteiger partial charge in [0, 0.05) is 20.7 Å². The number of carbonyl (C=O) groups excluding carboxylic acids is 1. The van der Waals surface area contributed by atoms with E-state index in [4.69, 9.17) is 9.15 Å². The Morgan fingerprint density at radius 3 is 3.14 bits per heavy atom. The van der Waals surface area contributed by atoms with Crippen LogP contribution in [0.25, 0.3) is 0 Å². The van der Waals surface area contributed by atoms with Gasteiger partial charge in [0.2, 0.25) is 5.95 Å². The number of furan rings is 1. The van der Waals surface area contributed by atoms with E-state index in [-0.39, 0.29) is 12.1 Å². The van der Waals surface area contributed by atoms with Crippen LogP contribution in [0, 0.1) is 0 Å². The molecule has 1 aliphatic rings. The van der Waals surface area contributed by atoms with Gasteiger partial charge in [-0.25, -0.2) is 9.48 Å². The molecule has 1 fully saturated rings. The van der Waals surface area contributed by atoms with Gasteiger partial charge in [-0.15, -0.1) is 0 Å².